The quantitative estimate of drug-likeness (QED) is 0.673. The van der Waals surface area contributed by atoms with E-state index in [1.54, 1.807) is 0 Å². The van der Waals surface area contributed by atoms with Crippen molar-refractivity contribution in [2.24, 2.45) is 0 Å². The van der Waals surface area contributed by atoms with Crippen LogP contribution in [0.1, 0.15) is 33.6 Å². The van der Waals surface area contributed by atoms with E-state index in [1.165, 1.54) is 12.8 Å². The fourth-order valence-corrected chi connectivity index (χ4v) is 3.01. The van der Waals surface area contributed by atoms with Crippen LogP contribution in [0.2, 0.25) is 0 Å². The van der Waals surface area contributed by atoms with E-state index in [-0.39, 0.29) is 5.97 Å². The molecule has 1 saturated heterocycles. The van der Waals surface area contributed by atoms with E-state index in [0.29, 0.717) is 12.6 Å². The number of hydrogen-bond donors (Lipinski definition) is 1. The van der Waals surface area contributed by atoms with Crippen LogP contribution in [0.25, 0.3) is 0 Å². The van der Waals surface area contributed by atoms with Crippen molar-refractivity contribution in [3.8, 4) is 0 Å². The van der Waals surface area contributed by atoms with Crippen LogP contribution < -0.4 is 5.32 Å². The maximum atomic E-state index is 12.2. The van der Waals surface area contributed by atoms with Crippen LogP contribution >= 0.6 is 0 Å². The van der Waals surface area contributed by atoms with Crippen molar-refractivity contribution in [3.05, 3.63) is 0 Å². The number of likely N-dealkylation sites (tertiary alicyclic amines) is 1. The maximum Gasteiger partial charge on any atom is 0.327 e. The molecule has 0 spiro atoms. The highest BCUT2D eigenvalue weighted by Gasteiger charge is 2.38. The molecular weight excluding hydrogens is 254 g/mol. The van der Waals surface area contributed by atoms with Gasteiger partial charge in [0.05, 0.1) is 6.61 Å². The Morgan fingerprint density at radius 1 is 1.45 bits per heavy atom. The first-order chi connectivity index (χ1) is 9.42. The lowest BCUT2D eigenvalue weighted by Crippen LogP contribution is -2.58. The number of likely N-dealkylation sites (N-methyl/N-ethyl adjacent to an activating group) is 2. The van der Waals surface area contributed by atoms with Gasteiger partial charge in [-0.25, -0.2) is 0 Å². The fourth-order valence-electron chi connectivity index (χ4n) is 3.01. The van der Waals surface area contributed by atoms with Gasteiger partial charge in [-0.15, -0.1) is 0 Å². The molecule has 5 heteroatoms. The Labute approximate surface area is 123 Å². The molecule has 0 radical (unpaired) electrons. The van der Waals surface area contributed by atoms with Crippen molar-refractivity contribution < 1.29 is 9.53 Å². The Morgan fingerprint density at radius 3 is 2.70 bits per heavy atom. The van der Waals surface area contributed by atoms with E-state index >= 15 is 0 Å². The second kappa shape index (κ2) is 7.96. The first-order valence-electron chi connectivity index (χ1n) is 7.74. The number of hydrogen-bond acceptors (Lipinski definition) is 5. The van der Waals surface area contributed by atoms with Crippen molar-refractivity contribution >= 4 is 5.97 Å². The third-order valence-electron chi connectivity index (χ3n) is 3.89. The largest absolute Gasteiger partial charge is 0.465 e. The van der Waals surface area contributed by atoms with Crippen LogP contribution in [0.4, 0.5) is 0 Å². The van der Waals surface area contributed by atoms with Crippen molar-refractivity contribution in [1.29, 1.82) is 0 Å². The minimum Gasteiger partial charge on any atom is -0.465 e. The van der Waals surface area contributed by atoms with Crippen LogP contribution in [0, 0.1) is 0 Å². The molecule has 118 valence electrons. The van der Waals surface area contributed by atoms with Crippen LogP contribution in [0.3, 0.4) is 0 Å². The number of carbonyl (C=O) groups excluding carboxylic acids is 1. The average molecular weight is 285 g/mol. The van der Waals surface area contributed by atoms with Gasteiger partial charge in [0.25, 0.3) is 0 Å². The van der Waals surface area contributed by atoms with Gasteiger partial charge in [0, 0.05) is 19.1 Å². The summed E-state index contributed by atoms with van der Waals surface area (Å²) in [5, 5.41) is 3.31. The number of nitrogens with zero attached hydrogens (tertiary/aromatic N) is 2. The molecule has 5 nitrogen and oxygen atoms in total. The van der Waals surface area contributed by atoms with E-state index in [2.05, 4.69) is 29.2 Å². The zero-order valence-electron chi connectivity index (χ0n) is 13.7. The molecule has 0 aliphatic carbocycles. The van der Waals surface area contributed by atoms with E-state index in [1.807, 2.05) is 20.8 Å². The van der Waals surface area contributed by atoms with E-state index in [4.69, 9.17) is 4.74 Å². The van der Waals surface area contributed by atoms with Crippen LogP contribution in [-0.4, -0.2) is 74.2 Å². The molecule has 0 amide bonds. The summed E-state index contributed by atoms with van der Waals surface area (Å²) in [5.41, 5.74) is -0.611. The smallest absolute Gasteiger partial charge is 0.327 e. The van der Waals surface area contributed by atoms with Crippen molar-refractivity contribution in [2.45, 2.75) is 45.2 Å². The predicted octanol–water partition coefficient (Wildman–Crippen LogP) is 0.944. The summed E-state index contributed by atoms with van der Waals surface area (Å²) in [6, 6.07) is 0.539. The highest BCUT2D eigenvalue weighted by atomic mass is 16.5. The van der Waals surface area contributed by atoms with Gasteiger partial charge in [-0.2, -0.15) is 0 Å². The average Bonchev–Trinajstić information content (AvgIpc) is 2.76. The molecule has 1 fully saturated rings. The summed E-state index contributed by atoms with van der Waals surface area (Å²) in [7, 11) is 4.21. The van der Waals surface area contributed by atoms with Gasteiger partial charge in [0.1, 0.15) is 5.54 Å². The Hall–Kier alpha value is -0.650. The van der Waals surface area contributed by atoms with Crippen molar-refractivity contribution in [2.75, 3.05) is 46.9 Å². The molecule has 2 unspecified atom stereocenters. The first-order valence-corrected chi connectivity index (χ1v) is 7.74. The third kappa shape index (κ3) is 4.72. The summed E-state index contributed by atoms with van der Waals surface area (Å²) in [6.45, 7) is 9.87. The van der Waals surface area contributed by atoms with Crippen LogP contribution in [0.15, 0.2) is 0 Å². The Morgan fingerprint density at radius 2 is 2.15 bits per heavy atom. The zero-order valence-corrected chi connectivity index (χ0v) is 13.7. The van der Waals surface area contributed by atoms with Gasteiger partial charge in [0.15, 0.2) is 0 Å². The zero-order chi connectivity index (χ0) is 15.2. The van der Waals surface area contributed by atoms with Gasteiger partial charge in [0.2, 0.25) is 0 Å². The molecule has 0 aromatic rings. The molecular formula is C15H31N3O2. The normalized spacial score (nSPS) is 23.0. The Bertz CT molecular complexity index is 309. The van der Waals surface area contributed by atoms with E-state index < -0.39 is 5.54 Å². The van der Waals surface area contributed by atoms with Crippen molar-refractivity contribution in [3.63, 3.8) is 0 Å². The SMILES string of the molecule is CCNC(C)(CN1CCCC1CN(C)C)C(=O)OCC. The molecule has 0 saturated carbocycles. The topological polar surface area (TPSA) is 44.8 Å². The van der Waals surface area contributed by atoms with Gasteiger partial charge < -0.3 is 15.0 Å². The van der Waals surface area contributed by atoms with Crippen LogP contribution in [0.5, 0.6) is 0 Å². The number of esters is 1. The monoisotopic (exact) mass is 285 g/mol. The van der Waals surface area contributed by atoms with Gasteiger partial charge in [-0.05, 0) is 53.9 Å². The highest BCUT2D eigenvalue weighted by molar-refractivity contribution is 5.80. The molecule has 0 bridgehead atoms. The molecule has 1 heterocycles. The maximum absolute atomic E-state index is 12.2. The van der Waals surface area contributed by atoms with Crippen LogP contribution in [-0.2, 0) is 9.53 Å². The summed E-state index contributed by atoms with van der Waals surface area (Å²) in [4.78, 5) is 16.9. The molecule has 1 N–H and O–H groups in total. The summed E-state index contributed by atoms with van der Waals surface area (Å²) in [6.07, 6.45) is 2.42. The fraction of sp³-hybridized carbons (Fsp3) is 0.933. The molecule has 0 aromatic heterocycles. The third-order valence-corrected chi connectivity index (χ3v) is 3.89. The minimum atomic E-state index is -0.611. The second-order valence-electron chi connectivity index (χ2n) is 6.11. The Kier molecular flexibility index (Phi) is 6.92. The lowest BCUT2D eigenvalue weighted by molar-refractivity contribution is -0.151. The number of carbonyl (C=O) groups is 1. The van der Waals surface area contributed by atoms with Gasteiger partial charge in [-0.1, -0.05) is 6.92 Å². The van der Waals surface area contributed by atoms with Crippen molar-refractivity contribution in [1.82, 2.24) is 15.1 Å². The predicted molar refractivity (Wildman–Crippen MR) is 81.9 cm³/mol. The molecule has 1 aliphatic rings. The number of ether oxygens (including phenoxy) is 1. The number of nitrogens with one attached hydrogen (secondary N) is 1. The lowest BCUT2D eigenvalue weighted by Gasteiger charge is -2.36. The molecule has 0 aromatic carbocycles. The Balaban J connectivity index is 2.71. The van der Waals surface area contributed by atoms with Gasteiger partial charge >= 0.3 is 5.97 Å². The molecule has 1 rings (SSSR count). The standard InChI is InChI=1S/C15H31N3O2/c1-6-16-15(3,14(19)20-7-2)12-18-10-8-9-13(18)11-17(4)5/h13,16H,6-12H2,1-5H3. The highest BCUT2D eigenvalue weighted by Crippen LogP contribution is 2.21. The minimum absolute atomic E-state index is 0.141. The molecule has 2 atom stereocenters. The molecule has 20 heavy (non-hydrogen) atoms. The molecule has 1 aliphatic heterocycles. The van der Waals surface area contributed by atoms with E-state index in [9.17, 15) is 4.79 Å². The summed E-state index contributed by atoms with van der Waals surface area (Å²) < 4.78 is 5.25. The second-order valence-corrected chi connectivity index (χ2v) is 6.11. The summed E-state index contributed by atoms with van der Waals surface area (Å²) in [5.74, 6) is -0.141. The lowest BCUT2D eigenvalue weighted by atomic mass is 10.0. The van der Waals surface area contributed by atoms with Gasteiger partial charge in [-0.3, -0.25) is 9.69 Å². The first kappa shape index (κ1) is 17.4. The van der Waals surface area contributed by atoms with E-state index in [0.717, 1.165) is 26.2 Å². The number of rotatable bonds is 8. The summed E-state index contributed by atoms with van der Waals surface area (Å²) >= 11 is 0.